The van der Waals surface area contributed by atoms with Crippen LogP contribution < -0.4 is 5.32 Å². The van der Waals surface area contributed by atoms with E-state index in [1.54, 1.807) is 11.3 Å². The molecule has 0 aliphatic rings. The largest absolute Gasteiger partial charge is 0.370 e. The Balaban J connectivity index is 1.75. The van der Waals surface area contributed by atoms with Crippen LogP contribution in [0.3, 0.4) is 0 Å². The second-order valence-electron chi connectivity index (χ2n) is 4.30. The summed E-state index contributed by atoms with van der Waals surface area (Å²) in [5, 5.41) is 4.76. The van der Waals surface area contributed by atoms with Gasteiger partial charge in [-0.25, -0.2) is 4.98 Å². The second kappa shape index (κ2) is 5.87. The highest BCUT2D eigenvalue weighted by atomic mass is 35.5. The standard InChI is InChI=1S/C15H11ClN2S2/c16-11-6-7-13-12(8-11)18-15(20-13)14(19)17-9-10-4-2-1-3-5-10/h1-8H,9H2,(H,17,19). The van der Waals surface area contributed by atoms with Gasteiger partial charge in [0.1, 0.15) is 4.99 Å². The molecule has 0 saturated carbocycles. The quantitative estimate of drug-likeness (QED) is 0.724. The van der Waals surface area contributed by atoms with Crippen molar-refractivity contribution >= 4 is 50.4 Å². The first-order chi connectivity index (χ1) is 9.72. The summed E-state index contributed by atoms with van der Waals surface area (Å²) in [6.45, 7) is 0.705. The predicted molar refractivity (Wildman–Crippen MR) is 89.6 cm³/mol. The number of benzene rings is 2. The minimum atomic E-state index is 0.672. The fourth-order valence-electron chi connectivity index (χ4n) is 1.85. The SMILES string of the molecule is S=C(NCc1ccccc1)c1nc2cc(Cl)ccc2s1. The van der Waals surface area contributed by atoms with E-state index in [9.17, 15) is 0 Å². The smallest absolute Gasteiger partial charge is 0.151 e. The normalized spacial score (nSPS) is 10.7. The van der Waals surface area contributed by atoms with Gasteiger partial charge in [-0.05, 0) is 23.8 Å². The fraction of sp³-hybridized carbons (Fsp3) is 0.0667. The molecule has 0 aliphatic carbocycles. The van der Waals surface area contributed by atoms with E-state index in [4.69, 9.17) is 23.8 Å². The van der Waals surface area contributed by atoms with Gasteiger partial charge in [-0.15, -0.1) is 11.3 Å². The second-order valence-corrected chi connectivity index (χ2v) is 6.17. The monoisotopic (exact) mass is 318 g/mol. The highest BCUT2D eigenvalue weighted by molar-refractivity contribution is 7.81. The molecule has 100 valence electrons. The Hall–Kier alpha value is -1.49. The van der Waals surface area contributed by atoms with E-state index in [2.05, 4.69) is 22.4 Å². The Morgan fingerprint density at radius 3 is 2.80 bits per heavy atom. The van der Waals surface area contributed by atoms with Crippen molar-refractivity contribution in [2.75, 3.05) is 0 Å². The van der Waals surface area contributed by atoms with Crippen LogP contribution >= 0.6 is 35.2 Å². The zero-order valence-electron chi connectivity index (χ0n) is 10.5. The summed E-state index contributed by atoms with van der Waals surface area (Å²) >= 11 is 12.9. The van der Waals surface area contributed by atoms with Crippen molar-refractivity contribution in [3.05, 3.63) is 64.1 Å². The molecule has 0 saturated heterocycles. The summed E-state index contributed by atoms with van der Waals surface area (Å²) in [4.78, 5) is 5.19. The number of hydrogen-bond acceptors (Lipinski definition) is 3. The summed E-state index contributed by atoms with van der Waals surface area (Å²) in [5.74, 6) is 0. The molecule has 0 atom stereocenters. The first-order valence-electron chi connectivity index (χ1n) is 6.10. The molecule has 1 aromatic heterocycles. The molecule has 1 N–H and O–H groups in total. The van der Waals surface area contributed by atoms with Crippen LogP contribution in [-0.2, 0) is 6.54 Å². The molecule has 0 spiro atoms. The number of rotatable bonds is 3. The van der Waals surface area contributed by atoms with Crippen molar-refractivity contribution in [2.24, 2.45) is 0 Å². The maximum Gasteiger partial charge on any atom is 0.151 e. The number of aromatic nitrogens is 1. The minimum absolute atomic E-state index is 0.672. The lowest BCUT2D eigenvalue weighted by molar-refractivity contribution is 0.928. The number of thiazole rings is 1. The molecule has 3 aromatic rings. The Labute approximate surface area is 131 Å². The van der Waals surface area contributed by atoms with E-state index in [0.29, 0.717) is 16.6 Å². The first-order valence-corrected chi connectivity index (χ1v) is 7.71. The van der Waals surface area contributed by atoms with Gasteiger partial charge in [0.25, 0.3) is 0 Å². The third-order valence-corrected chi connectivity index (χ3v) is 4.60. The number of halogens is 1. The maximum atomic E-state index is 5.96. The van der Waals surface area contributed by atoms with E-state index >= 15 is 0 Å². The number of nitrogens with one attached hydrogen (secondary N) is 1. The van der Waals surface area contributed by atoms with Gasteiger partial charge >= 0.3 is 0 Å². The molecule has 3 rings (SSSR count). The molecule has 0 aliphatic heterocycles. The van der Waals surface area contributed by atoms with Gasteiger partial charge in [0, 0.05) is 11.6 Å². The highest BCUT2D eigenvalue weighted by Gasteiger charge is 2.08. The van der Waals surface area contributed by atoms with Crippen LogP contribution in [0.15, 0.2) is 48.5 Å². The summed E-state index contributed by atoms with van der Waals surface area (Å²) in [7, 11) is 0. The van der Waals surface area contributed by atoms with Crippen LogP contribution in [0.4, 0.5) is 0 Å². The molecular weight excluding hydrogens is 308 g/mol. The van der Waals surface area contributed by atoms with Gasteiger partial charge < -0.3 is 5.32 Å². The van der Waals surface area contributed by atoms with Crippen molar-refractivity contribution in [2.45, 2.75) is 6.54 Å². The van der Waals surface area contributed by atoms with Gasteiger partial charge in [0.2, 0.25) is 0 Å². The van der Waals surface area contributed by atoms with Crippen LogP contribution in [0.5, 0.6) is 0 Å². The van der Waals surface area contributed by atoms with E-state index in [1.807, 2.05) is 36.4 Å². The Morgan fingerprint density at radius 2 is 2.00 bits per heavy atom. The van der Waals surface area contributed by atoms with Crippen LogP contribution in [0, 0.1) is 0 Å². The van der Waals surface area contributed by atoms with Crippen molar-refractivity contribution in [1.29, 1.82) is 0 Å². The molecule has 0 unspecified atom stereocenters. The highest BCUT2D eigenvalue weighted by Crippen LogP contribution is 2.25. The van der Waals surface area contributed by atoms with E-state index in [1.165, 1.54) is 5.56 Å². The van der Waals surface area contributed by atoms with Gasteiger partial charge in [-0.2, -0.15) is 0 Å². The first kappa shape index (κ1) is 13.5. The fourth-order valence-corrected chi connectivity index (χ4v) is 3.12. The number of fused-ring (bicyclic) bond motifs is 1. The predicted octanol–water partition coefficient (Wildman–Crippen LogP) is 4.42. The Bertz CT molecular complexity index is 753. The van der Waals surface area contributed by atoms with Crippen molar-refractivity contribution in [3.63, 3.8) is 0 Å². The zero-order chi connectivity index (χ0) is 13.9. The number of thiocarbonyl (C=S) groups is 1. The minimum Gasteiger partial charge on any atom is -0.370 e. The van der Waals surface area contributed by atoms with E-state index in [-0.39, 0.29) is 0 Å². The average molecular weight is 319 g/mol. The molecule has 0 radical (unpaired) electrons. The Kier molecular flexibility index (Phi) is 3.96. The van der Waals surface area contributed by atoms with E-state index in [0.717, 1.165) is 15.2 Å². The lowest BCUT2D eigenvalue weighted by Gasteiger charge is -2.04. The lowest BCUT2D eigenvalue weighted by Crippen LogP contribution is -2.21. The molecule has 20 heavy (non-hydrogen) atoms. The molecule has 0 bridgehead atoms. The zero-order valence-corrected chi connectivity index (χ0v) is 12.9. The molecule has 5 heteroatoms. The number of hydrogen-bond donors (Lipinski definition) is 1. The van der Waals surface area contributed by atoms with Crippen molar-refractivity contribution in [3.8, 4) is 0 Å². The van der Waals surface area contributed by atoms with Crippen molar-refractivity contribution < 1.29 is 0 Å². The molecule has 1 heterocycles. The van der Waals surface area contributed by atoms with Gasteiger partial charge in [-0.1, -0.05) is 54.2 Å². The third-order valence-electron chi connectivity index (χ3n) is 2.84. The molecule has 0 amide bonds. The van der Waals surface area contributed by atoms with Gasteiger partial charge in [0.05, 0.1) is 10.2 Å². The van der Waals surface area contributed by atoms with Crippen LogP contribution in [-0.4, -0.2) is 9.97 Å². The van der Waals surface area contributed by atoms with Crippen LogP contribution in [0.25, 0.3) is 10.2 Å². The summed E-state index contributed by atoms with van der Waals surface area (Å²) in [5.41, 5.74) is 2.08. The molecule has 2 aromatic carbocycles. The summed E-state index contributed by atoms with van der Waals surface area (Å²) < 4.78 is 1.09. The Morgan fingerprint density at radius 1 is 1.20 bits per heavy atom. The van der Waals surface area contributed by atoms with Gasteiger partial charge in [-0.3, -0.25) is 0 Å². The van der Waals surface area contributed by atoms with Gasteiger partial charge in [0.15, 0.2) is 5.01 Å². The molecular formula is C15H11ClN2S2. The van der Waals surface area contributed by atoms with Crippen molar-refractivity contribution in [1.82, 2.24) is 10.3 Å². The average Bonchev–Trinajstić information content (AvgIpc) is 2.89. The van der Waals surface area contributed by atoms with E-state index < -0.39 is 0 Å². The molecule has 2 nitrogen and oxygen atoms in total. The lowest BCUT2D eigenvalue weighted by atomic mass is 10.2. The summed E-state index contributed by atoms with van der Waals surface area (Å²) in [6.07, 6.45) is 0. The summed E-state index contributed by atoms with van der Waals surface area (Å²) in [6, 6.07) is 15.8. The number of nitrogens with zero attached hydrogens (tertiary/aromatic N) is 1. The van der Waals surface area contributed by atoms with Crippen LogP contribution in [0.2, 0.25) is 5.02 Å². The van der Waals surface area contributed by atoms with Crippen LogP contribution in [0.1, 0.15) is 10.6 Å². The molecule has 0 fully saturated rings. The topological polar surface area (TPSA) is 24.9 Å². The third kappa shape index (κ3) is 2.98. The maximum absolute atomic E-state index is 5.96.